The van der Waals surface area contributed by atoms with Crippen LogP contribution in [0.5, 0.6) is 11.5 Å². The third-order valence-corrected chi connectivity index (χ3v) is 2.79. The monoisotopic (exact) mass is 282 g/mol. The lowest BCUT2D eigenvalue weighted by molar-refractivity contribution is 0.299. The van der Waals surface area contributed by atoms with Crippen molar-refractivity contribution in [3.05, 3.63) is 59.7 Å². The molecule has 0 aliphatic rings. The van der Waals surface area contributed by atoms with E-state index in [0.29, 0.717) is 13.2 Å². The molecule has 0 unspecified atom stereocenters. The van der Waals surface area contributed by atoms with Crippen LogP contribution < -0.4 is 9.47 Å². The van der Waals surface area contributed by atoms with Crippen molar-refractivity contribution in [1.82, 2.24) is 0 Å². The molecule has 3 heteroatoms. The van der Waals surface area contributed by atoms with Crippen LogP contribution in [0.4, 0.5) is 0 Å². The van der Waals surface area contributed by atoms with Gasteiger partial charge in [0.25, 0.3) is 0 Å². The van der Waals surface area contributed by atoms with Crippen molar-refractivity contribution in [2.75, 3.05) is 13.2 Å². The number of aliphatic hydroxyl groups is 1. The van der Waals surface area contributed by atoms with Crippen LogP contribution in [0, 0.1) is 11.8 Å². The lowest BCUT2D eigenvalue weighted by Gasteiger charge is -2.08. The van der Waals surface area contributed by atoms with Crippen LogP contribution >= 0.6 is 0 Å². The molecule has 108 valence electrons. The lowest BCUT2D eigenvalue weighted by atomic mass is 10.1. The molecule has 0 spiro atoms. The fraction of sp³-hybridized carbons (Fsp3) is 0.222. The zero-order chi connectivity index (χ0) is 14.9. The first kappa shape index (κ1) is 15.0. The van der Waals surface area contributed by atoms with E-state index in [0.717, 1.165) is 22.6 Å². The first-order valence-corrected chi connectivity index (χ1v) is 6.86. The van der Waals surface area contributed by atoms with Gasteiger partial charge in [-0.25, -0.2) is 0 Å². The van der Waals surface area contributed by atoms with Gasteiger partial charge in [0.15, 0.2) is 0 Å². The summed E-state index contributed by atoms with van der Waals surface area (Å²) in [5.41, 5.74) is 1.94. The summed E-state index contributed by atoms with van der Waals surface area (Å²) < 4.78 is 11.2. The Balaban J connectivity index is 1.94. The number of rotatable bonds is 5. The van der Waals surface area contributed by atoms with Crippen molar-refractivity contribution in [3.8, 4) is 23.3 Å². The second-order valence-electron chi connectivity index (χ2n) is 4.35. The highest BCUT2D eigenvalue weighted by Crippen LogP contribution is 2.20. The number of aliphatic hydroxyl groups excluding tert-OH is 1. The predicted octanol–water partition coefficient (Wildman–Crippen LogP) is 3.01. The fourth-order valence-corrected chi connectivity index (χ4v) is 1.81. The molecule has 1 N–H and O–H groups in total. The van der Waals surface area contributed by atoms with E-state index in [9.17, 15) is 0 Å². The topological polar surface area (TPSA) is 38.7 Å². The van der Waals surface area contributed by atoms with E-state index >= 15 is 0 Å². The lowest BCUT2D eigenvalue weighted by Crippen LogP contribution is -1.96. The van der Waals surface area contributed by atoms with Gasteiger partial charge in [-0.15, -0.1) is 0 Å². The molecule has 0 amide bonds. The van der Waals surface area contributed by atoms with E-state index in [1.165, 1.54) is 0 Å². The molecular formula is C18H18O3. The Bertz CT molecular complexity index is 621. The van der Waals surface area contributed by atoms with Crippen molar-refractivity contribution in [2.45, 2.75) is 13.5 Å². The third-order valence-electron chi connectivity index (χ3n) is 2.79. The number of hydrogen-bond donors (Lipinski definition) is 1. The van der Waals surface area contributed by atoms with Gasteiger partial charge in [-0.2, -0.15) is 0 Å². The van der Waals surface area contributed by atoms with E-state index in [1.54, 1.807) is 0 Å². The third kappa shape index (κ3) is 4.87. The van der Waals surface area contributed by atoms with Crippen molar-refractivity contribution < 1.29 is 14.6 Å². The number of benzene rings is 2. The van der Waals surface area contributed by atoms with Crippen LogP contribution in [0.15, 0.2) is 48.5 Å². The zero-order valence-corrected chi connectivity index (χ0v) is 12.0. The van der Waals surface area contributed by atoms with Crippen LogP contribution in [0.3, 0.4) is 0 Å². The Hall–Kier alpha value is -2.44. The van der Waals surface area contributed by atoms with Crippen LogP contribution in [0.2, 0.25) is 0 Å². The summed E-state index contributed by atoms with van der Waals surface area (Å²) in [4.78, 5) is 0. The highest BCUT2D eigenvalue weighted by Gasteiger charge is 1.99. The predicted molar refractivity (Wildman–Crippen MR) is 82.3 cm³/mol. The van der Waals surface area contributed by atoms with Crippen molar-refractivity contribution >= 4 is 0 Å². The normalized spacial score (nSPS) is 9.62. The highest BCUT2D eigenvalue weighted by molar-refractivity contribution is 5.36. The Labute approximate surface area is 125 Å². The molecule has 2 aromatic rings. The molecule has 0 fully saturated rings. The van der Waals surface area contributed by atoms with Gasteiger partial charge >= 0.3 is 0 Å². The minimum absolute atomic E-state index is 0.124. The Kier molecular flexibility index (Phi) is 5.69. The summed E-state index contributed by atoms with van der Waals surface area (Å²) >= 11 is 0. The molecule has 0 aliphatic heterocycles. The Morgan fingerprint density at radius 3 is 2.38 bits per heavy atom. The van der Waals surface area contributed by atoms with Gasteiger partial charge in [0.05, 0.1) is 6.61 Å². The summed E-state index contributed by atoms with van der Waals surface area (Å²) in [6.07, 6.45) is 0. The van der Waals surface area contributed by atoms with Gasteiger partial charge in [0.2, 0.25) is 0 Å². The van der Waals surface area contributed by atoms with Gasteiger partial charge < -0.3 is 14.6 Å². The minimum Gasteiger partial charge on any atom is -0.494 e. The second kappa shape index (κ2) is 7.98. The van der Waals surface area contributed by atoms with Crippen molar-refractivity contribution in [2.24, 2.45) is 0 Å². The Morgan fingerprint density at radius 1 is 1.00 bits per heavy atom. The first-order chi connectivity index (χ1) is 10.3. The molecule has 0 atom stereocenters. The molecular weight excluding hydrogens is 264 g/mol. The first-order valence-electron chi connectivity index (χ1n) is 6.86. The van der Waals surface area contributed by atoms with Crippen LogP contribution in [0.1, 0.15) is 18.1 Å². The van der Waals surface area contributed by atoms with E-state index < -0.39 is 0 Å². The second-order valence-corrected chi connectivity index (χ2v) is 4.35. The van der Waals surface area contributed by atoms with Crippen LogP contribution in [-0.4, -0.2) is 18.3 Å². The zero-order valence-electron chi connectivity index (χ0n) is 12.0. The molecule has 0 aromatic heterocycles. The van der Waals surface area contributed by atoms with E-state index in [-0.39, 0.29) is 6.61 Å². The maximum Gasteiger partial charge on any atom is 0.123 e. The van der Waals surface area contributed by atoms with Gasteiger partial charge in [-0.05, 0) is 36.8 Å². The molecule has 0 saturated heterocycles. The summed E-state index contributed by atoms with van der Waals surface area (Å²) in [6.45, 7) is 2.96. The van der Waals surface area contributed by atoms with E-state index in [4.69, 9.17) is 14.6 Å². The fourth-order valence-electron chi connectivity index (χ4n) is 1.81. The minimum atomic E-state index is -0.124. The van der Waals surface area contributed by atoms with E-state index in [2.05, 4.69) is 11.8 Å². The van der Waals surface area contributed by atoms with Gasteiger partial charge in [-0.3, -0.25) is 0 Å². The molecule has 2 rings (SSSR count). The van der Waals surface area contributed by atoms with Gasteiger partial charge in [0.1, 0.15) is 24.7 Å². The maximum atomic E-state index is 8.65. The Morgan fingerprint density at radius 2 is 1.71 bits per heavy atom. The molecule has 21 heavy (non-hydrogen) atoms. The maximum absolute atomic E-state index is 8.65. The molecule has 0 radical (unpaired) electrons. The molecule has 0 saturated carbocycles. The van der Waals surface area contributed by atoms with Gasteiger partial charge in [0, 0.05) is 11.6 Å². The average molecular weight is 282 g/mol. The summed E-state index contributed by atoms with van der Waals surface area (Å²) in [5.74, 6) is 7.07. The summed E-state index contributed by atoms with van der Waals surface area (Å²) in [7, 11) is 0. The molecule has 0 heterocycles. The average Bonchev–Trinajstić information content (AvgIpc) is 2.53. The smallest absolute Gasteiger partial charge is 0.123 e. The SMILES string of the molecule is CCOc1cccc(OCc2ccc(C#CCO)cc2)c1. The van der Waals surface area contributed by atoms with Crippen LogP contribution in [0.25, 0.3) is 0 Å². The van der Waals surface area contributed by atoms with Gasteiger partial charge in [-0.1, -0.05) is 30.0 Å². The molecule has 2 aromatic carbocycles. The van der Waals surface area contributed by atoms with Crippen molar-refractivity contribution in [1.29, 1.82) is 0 Å². The number of ether oxygens (including phenoxy) is 2. The quantitative estimate of drug-likeness (QED) is 0.857. The van der Waals surface area contributed by atoms with E-state index in [1.807, 2.05) is 55.5 Å². The number of hydrogen-bond acceptors (Lipinski definition) is 3. The largest absolute Gasteiger partial charge is 0.494 e. The summed E-state index contributed by atoms with van der Waals surface area (Å²) in [5, 5.41) is 8.65. The van der Waals surface area contributed by atoms with Crippen molar-refractivity contribution in [3.63, 3.8) is 0 Å². The molecule has 0 bridgehead atoms. The highest BCUT2D eigenvalue weighted by atomic mass is 16.5. The summed E-state index contributed by atoms with van der Waals surface area (Å²) in [6, 6.07) is 15.4. The molecule has 3 nitrogen and oxygen atoms in total. The standard InChI is InChI=1S/C18H18O3/c1-2-20-17-6-3-7-18(13-17)21-14-16-10-8-15(9-11-16)5-4-12-19/h3,6-11,13,19H,2,12,14H2,1H3. The molecule has 0 aliphatic carbocycles. The van der Waals surface area contributed by atoms with Crippen LogP contribution in [-0.2, 0) is 6.61 Å².